The Morgan fingerprint density at radius 2 is 1.71 bits per heavy atom. The van der Waals surface area contributed by atoms with Crippen LogP contribution in [0.1, 0.15) is 33.4 Å². The number of aryl methyl sites for hydroxylation is 1. The average molecular weight is 378 g/mol. The molecule has 1 heterocycles. The van der Waals surface area contributed by atoms with Crippen LogP contribution in [0.25, 0.3) is 11.3 Å². The number of anilines is 1. The molecular weight excluding hydrogens is 360 g/mol. The molecule has 1 aromatic heterocycles. The second-order valence-electron chi connectivity index (χ2n) is 6.05. The average Bonchev–Trinajstić information content (AvgIpc) is 3.08. The molecule has 0 radical (unpaired) electrons. The molecule has 0 aliphatic carbocycles. The fourth-order valence-electron chi connectivity index (χ4n) is 2.69. The van der Waals surface area contributed by atoms with Crippen LogP contribution in [0.3, 0.4) is 0 Å². The zero-order valence-corrected chi connectivity index (χ0v) is 15.4. The van der Waals surface area contributed by atoms with Crippen molar-refractivity contribution in [1.82, 2.24) is 5.16 Å². The van der Waals surface area contributed by atoms with Gasteiger partial charge in [-0.05, 0) is 26.0 Å². The van der Waals surface area contributed by atoms with Crippen LogP contribution in [-0.4, -0.2) is 29.4 Å². The number of carbonyl (C=O) groups excluding carboxylic acids is 3. The SMILES string of the molecule is CC(=O)c1ccccc1NC(=O)COC(=O)c1c(-c2ccccc2)noc1C. The molecule has 3 rings (SSSR count). The zero-order chi connectivity index (χ0) is 20.1. The summed E-state index contributed by atoms with van der Waals surface area (Å²) in [5.74, 6) is -1.16. The van der Waals surface area contributed by atoms with Crippen LogP contribution in [0.15, 0.2) is 59.1 Å². The van der Waals surface area contributed by atoms with Gasteiger partial charge in [0.2, 0.25) is 0 Å². The fraction of sp³-hybridized carbons (Fsp3) is 0.143. The molecule has 0 aliphatic heterocycles. The molecule has 2 aromatic carbocycles. The predicted molar refractivity (Wildman–Crippen MR) is 102 cm³/mol. The van der Waals surface area contributed by atoms with Gasteiger partial charge in [0.15, 0.2) is 12.4 Å². The number of ketones is 1. The van der Waals surface area contributed by atoms with Gasteiger partial charge in [-0.1, -0.05) is 47.6 Å². The molecule has 142 valence electrons. The molecule has 0 fully saturated rings. The summed E-state index contributed by atoms with van der Waals surface area (Å²) in [6, 6.07) is 15.7. The van der Waals surface area contributed by atoms with Gasteiger partial charge in [-0.3, -0.25) is 9.59 Å². The lowest BCUT2D eigenvalue weighted by Gasteiger charge is -2.09. The molecule has 0 spiro atoms. The number of para-hydroxylation sites is 1. The van der Waals surface area contributed by atoms with Gasteiger partial charge in [-0.2, -0.15) is 0 Å². The summed E-state index contributed by atoms with van der Waals surface area (Å²) in [6.45, 7) is 2.49. The number of Topliss-reactive ketones (excluding diaryl/α,β-unsaturated/α-hetero) is 1. The summed E-state index contributed by atoms with van der Waals surface area (Å²) < 4.78 is 10.3. The van der Waals surface area contributed by atoms with E-state index in [1.54, 1.807) is 43.3 Å². The molecule has 1 N–H and O–H groups in total. The highest BCUT2D eigenvalue weighted by molar-refractivity contribution is 6.04. The maximum Gasteiger partial charge on any atom is 0.344 e. The van der Waals surface area contributed by atoms with Gasteiger partial charge in [-0.15, -0.1) is 0 Å². The molecule has 7 nitrogen and oxygen atoms in total. The van der Waals surface area contributed by atoms with E-state index in [1.165, 1.54) is 6.92 Å². The molecule has 0 unspecified atom stereocenters. The molecule has 1 amide bonds. The molecule has 0 bridgehead atoms. The lowest BCUT2D eigenvalue weighted by atomic mass is 10.1. The largest absolute Gasteiger partial charge is 0.452 e. The maximum atomic E-state index is 12.5. The Kier molecular flexibility index (Phi) is 5.64. The number of carbonyl (C=O) groups is 3. The number of esters is 1. The van der Waals surface area contributed by atoms with Crippen molar-refractivity contribution in [1.29, 1.82) is 0 Å². The van der Waals surface area contributed by atoms with Gasteiger partial charge in [0.1, 0.15) is 17.0 Å². The third-order valence-electron chi connectivity index (χ3n) is 4.03. The van der Waals surface area contributed by atoms with Gasteiger partial charge < -0.3 is 14.6 Å². The van der Waals surface area contributed by atoms with Crippen molar-refractivity contribution in [2.45, 2.75) is 13.8 Å². The van der Waals surface area contributed by atoms with Gasteiger partial charge >= 0.3 is 5.97 Å². The van der Waals surface area contributed by atoms with Gasteiger partial charge in [-0.25, -0.2) is 4.79 Å². The summed E-state index contributed by atoms with van der Waals surface area (Å²) in [5.41, 5.74) is 1.96. The maximum absolute atomic E-state index is 12.5. The highest BCUT2D eigenvalue weighted by Gasteiger charge is 2.23. The lowest BCUT2D eigenvalue weighted by Crippen LogP contribution is -2.22. The highest BCUT2D eigenvalue weighted by atomic mass is 16.5. The highest BCUT2D eigenvalue weighted by Crippen LogP contribution is 2.25. The number of rotatable bonds is 6. The summed E-state index contributed by atoms with van der Waals surface area (Å²) in [7, 11) is 0. The molecule has 0 saturated carbocycles. The predicted octanol–water partition coefficient (Wildman–Crippen LogP) is 3.65. The molecule has 7 heteroatoms. The van der Waals surface area contributed by atoms with E-state index < -0.39 is 18.5 Å². The number of ether oxygens (including phenoxy) is 1. The normalized spacial score (nSPS) is 10.4. The minimum Gasteiger partial charge on any atom is -0.452 e. The van der Waals surface area contributed by atoms with Gasteiger partial charge in [0.25, 0.3) is 5.91 Å². The van der Waals surface area contributed by atoms with Crippen molar-refractivity contribution in [3.8, 4) is 11.3 Å². The van der Waals surface area contributed by atoms with Crippen LogP contribution in [0, 0.1) is 6.92 Å². The Labute approximate surface area is 161 Å². The van der Waals surface area contributed by atoms with E-state index >= 15 is 0 Å². The van der Waals surface area contributed by atoms with E-state index in [9.17, 15) is 14.4 Å². The first-order chi connectivity index (χ1) is 13.5. The standard InChI is InChI=1S/C21H18N2O5/c1-13(24)16-10-6-7-11-17(16)22-18(25)12-27-21(26)19-14(2)28-23-20(19)15-8-4-3-5-9-15/h3-11H,12H2,1-2H3,(H,22,25). The Balaban J connectivity index is 1.69. The third kappa shape index (κ3) is 4.15. The topological polar surface area (TPSA) is 98.5 Å². The van der Waals surface area contributed by atoms with Crippen molar-refractivity contribution in [2.75, 3.05) is 11.9 Å². The van der Waals surface area contributed by atoms with E-state index in [1.807, 2.05) is 18.2 Å². The number of nitrogens with zero attached hydrogens (tertiary/aromatic N) is 1. The summed E-state index contributed by atoms with van der Waals surface area (Å²) >= 11 is 0. The molecule has 3 aromatic rings. The first kappa shape index (κ1) is 19.0. The fourth-order valence-corrected chi connectivity index (χ4v) is 2.69. The Hall–Kier alpha value is -3.74. The van der Waals surface area contributed by atoms with Crippen LogP contribution in [-0.2, 0) is 9.53 Å². The second-order valence-corrected chi connectivity index (χ2v) is 6.05. The minimum atomic E-state index is -0.715. The van der Waals surface area contributed by atoms with Crippen LogP contribution in [0.5, 0.6) is 0 Å². The Bertz CT molecular complexity index is 1020. The molecule has 0 saturated heterocycles. The van der Waals surface area contributed by atoms with Crippen molar-refractivity contribution < 1.29 is 23.6 Å². The number of nitrogens with one attached hydrogen (secondary N) is 1. The van der Waals surface area contributed by atoms with E-state index in [2.05, 4.69) is 10.5 Å². The first-order valence-corrected chi connectivity index (χ1v) is 8.56. The summed E-state index contributed by atoms with van der Waals surface area (Å²) in [5, 5.41) is 6.50. The van der Waals surface area contributed by atoms with Crippen LogP contribution < -0.4 is 5.32 Å². The monoisotopic (exact) mass is 378 g/mol. The van der Waals surface area contributed by atoms with Crippen LogP contribution in [0.4, 0.5) is 5.69 Å². The molecular formula is C21H18N2O5. The third-order valence-corrected chi connectivity index (χ3v) is 4.03. The molecule has 28 heavy (non-hydrogen) atoms. The van der Waals surface area contributed by atoms with Gasteiger partial charge in [0, 0.05) is 11.1 Å². The quantitative estimate of drug-likeness (QED) is 0.519. The Morgan fingerprint density at radius 1 is 1.04 bits per heavy atom. The zero-order valence-electron chi connectivity index (χ0n) is 15.4. The van der Waals surface area contributed by atoms with Crippen LogP contribution >= 0.6 is 0 Å². The van der Waals surface area contributed by atoms with E-state index in [0.29, 0.717) is 28.3 Å². The van der Waals surface area contributed by atoms with Crippen molar-refractivity contribution in [2.24, 2.45) is 0 Å². The lowest BCUT2D eigenvalue weighted by molar-refractivity contribution is -0.119. The van der Waals surface area contributed by atoms with E-state index in [-0.39, 0.29) is 11.3 Å². The molecule has 0 atom stereocenters. The van der Waals surface area contributed by atoms with E-state index in [0.717, 1.165) is 0 Å². The number of amides is 1. The number of benzene rings is 2. The van der Waals surface area contributed by atoms with E-state index in [4.69, 9.17) is 9.26 Å². The smallest absolute Gasteiger partial charge is 0.344 e. The summed E-state index contributed by atoms with van der Waals surface area (Å²) in [4.78, 5) is 36.3. The first-order valence-electron chi connectivity index (χ1n) is 8.56. The summed E-state index contributed by atoms with van der Waals surface area (Å²) in [6.07, 6.45) is 0. The number of aromatic nitrogens is 1. The Morgan fingerprint density at radius 3 is 2.43 bits per heavy atom. The van der Waals surface area contributed by atoms with Gasteiger partial charge in [0.05, 0.1) is 5.69 Å². The van der Waals surface area contributed by atoms with Crippen molar-refractivity contribution in [3.05, 3.63) is 71.5 Å². The minimum absolute atomic E-state index is 0.170. The van der Waals surface area contributed by atoms with Crippen molar-refractivity contribution in [3.63, 3.8) is 0 Å². The number of hydrogen-bond donors (Lipinski definition) is 1. The molecule has 0 aliphatic rings. The second kappa shape index (κ2) is 8.30. The van der Waals surface area contributed by atoms with Crippen LogP contribution in [0.2, 0.25) is 0 Å². The number of hydrogen-bond acceptors (Lipinski definition) is 6. The van der Waals surface area contributed by atoms with Crippen molar-refractivity contribution >= 4 is 23.3 Å².